The summed E-state index contributed by atoms with van der Waals surface area (Å²) in [5.74, 6) is 0.923. The third-order valence-corrected chi connectivity index (χ3v) is 4.28. The van der Waals surface area contributed by atoms with E-state index >= 15 is 0 Å². The first-order valence-corrected chi connectivity index (χ1v) is 8.00. The van der Waals surface area contributed by atoms with Crippen LogP contribution in [0.4, 0.5) is 5.82 Å². The summed E-state index contributed by atoms with van der Waals surface area (Å²) in [7, 11) is 0. The quantitative estimate of drug-likeness (QED) is 0.693. The van der Waals surface area contributed by atoms with Crippen LogP contribution in [0.5, 0.6) is 0 Å². The lowest BCUT2D eigenvalue weighted by atomic mass is 10.1. The number of morpholine rings is 1. The van der Waals surface area contributed by atoms with Crippen LogP contribution in [0.1, 0.15) is 17.3 Å². The summed E-state index contributed by atoms with van der Waals surface area (Å²) >= 11 is 0. The average Bonchev–Trinajstić information content (AvgIpc) is 3.11. The van der Waals surface area contributed by atoms with E-state index in [9.17, 15) is 4.79 Å². The third-order valence-electron chi connectivity index (χ3n) is 4.28. The Hall–Kier alpha value is -2.73. The number of hydrogen-bond acceptors (Lipinski definition) is 5. The van der Waals surface area contributed by atoms with Crippen molar-refractivity contribution in [2.24, 2.45) is 0 Å². The van der Waals surface area contributed by atoms with Crippen LogP contribution in [0.2, 0.25) is 0 Å². The largest absolute Gasteiger partial charge is 0.378 e. The minimum absolute atomic E-state index is 0.0524. The number of ether oxygens (including phenoxy) is 1. The molecule has 0 saturated carbocycles. The molecule has 1 fully saturated rings. The Labute approximate surface area is 139 Å². The number of fused-ring (bicyclic) bond motifs is 1. The number of carbonyl (C=O) groups excluding carboxylic acids is 1. The number of carbonyl (C=O) groups is 1. The van der Waals surface area contributed by atoms with Crippen LogP contribution in [0, 0.1) is 0 Å². The Morgan fingerprint density at radius 3 is 2.83 bits per heavy atom. The Balaban J connectivity index is 1.82. The van der Waals surface area contributed by atoms with Crippen molar-refractivity contribution in [2.75, 3.05) is 31.2 Å². The summed E-state index contributed by atoms with van der Waals surface area (Å²) in [5, 5.41) is 0. The molecule has 1 aliphatic rings. The van der Waals surface area contributed by atoms with Gasteiger partial charge in [-0.3, -0.25) is 9.20 Å². The standard InChI is InChI=1S/C18H18N4O2/c1-13(23)14-3-2-4-15(11-14)16-12-20-17(18-19-5-6-22(16)18)21-7-9-24-10-8-21/h2-6,11-12H,7-10H2,1H3. The molecule has 0 unspecified atom stereocenters. The molecular formula is C18H18N4O2. The second-order valence-electron chi connectivity index (χ2n) is 5.82. The first-order valence-electron chi connectivity index (χ1n) is 8.00. The van der Waals surface area contributed by atoms with Crippen molar-refractivity contribution < 1.29 is 9.53 Å². The lowest BCUT2D eigenvalue weighted by Gasteiger charge is -2.28. The molecule has 0 N–H and O–H groups in total. The minimum Gasteiger partial charge on any atom is -0.378 e. The number of nitrogens with zero attached hydrogens (tertiary/aromatic N) is 4. The Bertz CT molecular complexity index is 897. The molecule has 122 valence electrons. The molecule has 0 aliphatic carbocycles. The maximum absolute atomic E-state index is 11.6. The molecular weight excluding hydrogens is 304 g/mol. The van der Waals surface area contributed by atoms with Crippen LogP contribution >= 0.6 is 0 Å². The molecule has 4 rings (SSSR count). The SMILES string of the molecule is CC(=O)c1cccc(-c2cnc(N3CCOCC3)c3nccn23)c1. The van der Waals surface area contributed by atoms with Crippen LogP contribution in [0.25, 0.3) is 16.9 Å². The Morgan fingerprint density at radius 2 is 2.04 bits per heavy atom. The van der Waals surface area contributed by atoms with Gasteiger partial charge in [0.2, 0.25) is 0 Å². The van der Waals surface area contributed by atoms with Gasteiger partial charge in [0.15, 0.2) is 17.2 Å². The van der Waals surface area contributed by atoms with Crippen molar-refractivity contribution in [3.63, 3.8) is 0 Å². The number of ketones is 1. The first kappa shape index (κ1) is 14.8. The lowest BCUT2D eigenvalue weighted by Crippen LogP contribution is -2.37. The lowest BCUT2D eigenvalue weighted by molar-refractivity contribution is 0.101. The molecule has 1 aromatic carbocycles. The normalized spacial score (nSPS) is 15.0. The maximum Gasteiger partial charge on any atom is 0.180 e. The molecule has 0 radical (unpaired) electrons. The number of aromatic nitrogens is 3. The average molecular weight is 322 g/mol. The van der Waals surface area contributed by atoms with Crippen LogP contribution in [0.3, 0.4) is 0 Å². The molecule has 1 aliphatic heterocycles. The molecule has 3 heterocycles. The summed E-state index contributed by atoms with van der Waals surface area (Å²) in [5.41, 5.74) is 3.38. The molecule has 0 amide bonds. The zero-order valence-corrected chi connectivity index (χ0v) is 13.5. The van der Waals surface area contributed by atoms with Gasteiger partial charge in [-0.1, -0.05) is 18.2 Å². The van der Waals surface area contributed by atoms with Crippen molar-refractivity contribution in [3.05, 3.63) is 48.4 Å². The molecule has 1 saturated heterocycles. The zero-order chi connectivity index (χ0) is 16.5. The molecule has 3 aromatic rings. The van der Waals surface area contributed by atoms with E-state index in [4.69, 9.17) is 4.74 Å². The zero-order valence-electron chi connectivity index (χ0n) is 13.5. The van der Waals surface area contributed by atoms with Gasteiger partial charge in [0, 0.05) is 36.6 Å². The Kier molecular flexibility index (Phi) is 3.74. The molecule has 0 bridgehead atoms. The van der Waals surface area contributed by atoms with Gasteiger partial charge in [-0.15, -0.1) is 0 Å². The van der Waals surface area contributed by atoms with E-state index in [2.05, 4.69) is 14.9 Å². The number of Topliss-reactive ketones (excluding diaryl/α,β-unsaturated/α-hetero) is 1. The van der Waals surface area contributed by atoms with Crippen molar-refractivity contribution in [2.45, 2.75) is 6.92 Å². The van der Waals surface area contributed by atoms with Crippen LogP contribution < -0.4 is 4.90 Å². The van der Waals surface area contributed by atoms with Crippen molar-refractivity contribution >= 4 is 17.2 Å². The van der Waals surface area contributed by atoms with Gasteiger partial charge in [0.25, 0.3) is 0 Å². The summed E-state index contributed by atoms with van der Waals surface area (Å²) < 4.78 is 7.44. The van der Waals surface area contributed by atoms with Gasteiger partial charge in [0.1, 0.15) is 0 Å². The van der Waals surface area contributed by atoms with Gasteiger partial charge in [-0.25, -0.2) is 9.97 Å². The highest BCUT2D eigenvalue weighted by Crippen LogP contribution is 2.26. The van der Waals surface area contributed by atoms with Gasteiger partial charge >= 0.3 is 0 Å². The molecule has 24 heavy (non-hydrogen) atoms. The number of hydrogen-bond donors (Lipinski definition) is 0. The van der Waals surface area contributed by atoms with E-state index in [1.807, 2.05) is 41.1 Å². The highest BCUT2D eigenvalue weighted by Gasteiger charge is 2.18. The van der Waals surface area contributed by atoms with Crippen LogP contribution in [-0.2, 0) is 4.74 Å². The highest BCUT2D eigenvalue weighted by atomic mass is 16.5. The number of rotatable bonds is 3. The minimum atomic E-state index is 0.0524. The molecule has 0 atom stereocenters. The van der Waals surface area contributed by atoms with Gasteiger partial charge in [-0.2, -0.15) is 0 Å². The fourth-order valence-electron chi connectivity index (χ4n) is 3.01. The topological polar surface area (TPSA) is 59.7 Å². The van der Waals surface area contributed by atoms with Gasteiger partial charge in [-0.05, 0) is 13.0 Å². The second kappa shape index (κ2) is 6.05. The summed E-state index contributed by atoms with van der Waals surface area (Å²) in [6, 6.07) is 7.60. The van der Waals surface area contributed by atoms with E-state index < -0.39 is 0 Å². The van der Waals surface area contributed by atoms with Gasteiger partial charge in [0.05, 0.1) is 25.1 Å². The second-order valence-corrected chi connectivity index (χ2v) is 5.82. The third kappa shape index (κ3) is 2.55. The molecule has 6 nitrogen and oxygen atoms in total. The first-order chi connectivity index (χ1) is 11.7. The number of benzene rings is 1. The predicted octanol–water partition coefficient (Wildman–Crippen LogP) is 2.44. The van der Waals surface area contributed by atoms with E-state index in [1.165, 1.54) is 0 Å². The highest BCUT2D eigenvalue weighted by molar-refractivity contribution is 5.95. The molecule has 6 heteroatoms. The monoisotopic (exact) mass is 322 g/mol. The number of anilines is 1. The van der Waals surface area contributed by atoms with Crippen molar-refractivity contribution in [1.82, 2.24) is 14.4 Å². The van der Waals surface area contributed by atoms with Gasteiger partial charge < -0.3 is 9.64 Å². The van der Waals surface area contributed by atoms with E-state index in [0.29, 0.717) is 18.8 Å². The van der Waals surface area contributed by atoms with Crippen molar-refractivity contribution in [3.8, 4) is 11.3 Å². The fraction of sp³-hybridized carbons (Fsp3) is 0.278. The predicted molar refractivity (Wildman–Crippen MR) is 91.5 cm³/mol. The van der Waals surface area contributed by atoms with Crippen LogP contribution in [-0.4, -0.2) is 46.5 Å². The van der Waals surface area contributed by atoms with Crippen LogP contribution in [0.15, 0.2) is 42.9 Å². The molecule has 2 aromatic heterocycles. The van der Waals surface area contributed by atoms with E-state index in [0.717, 1.165) is 35.8 Å². The van der Waals surface area contributed by atoms with Crippen molar-refractivity contribution in [1.29, 1.82) is 0 Å². The summed E-state index contributed by atoms with van der Waals surface area (Å²) in [4.78, 5) is 23.0. The summed E-state index contributed by atoms with van der Waals surface area (Å²) in [6.07, 6.45) is 5.55. The summed E-state index contributed by atoms with van der Waals surface area (Å²) in [6.45, 7) is 4.61. The number of imidazole rings is 1. The maximum atomic E-state index is 11.6. The Morgan fingerprint density at radius 1 is 1.21 bits per heavy atom. The van der Waals surface area contributed by atoms with E-state index in [-0.39, 0.29) is 5.78 Å². The van der Waals surface area contributed by atoms with E-state index in [1.54, 1.807) is 13.1 Å². The molecule has 0 spiro atoms. The smallest absolute Gasteiger partial charge is 0.180 e. The fourth-order valence-corrected chi connectivity index (χ4v) is 3.01.